The maximum Gasteiger partial charge on any atom is 0.317 e. The molecule has 0 unspecified atom stereocenters. The van der Waals surface area contributed by atoms with Gasteiger partial charge in [-0.3, -0.25) is 0 Å². The van der Waals surface area contributed by atoms with Crippen LogP contribution in [0.1, 0.15) is 19.3 Å². The van der Waals surface area contributed by atoms with Crippen molar-refractivity contribution in [3.63, 3.8) is 0 Å². The Labute approximate surface area is 122 Å². The molecule has 20 heavy (non-hydrogen) atoms. The molecule has 1 N–H and O–H groups in total. The molecule has 0 aromatic rings. The van der Waals surface area contributed by atoms with Crippen LogP contribution in [0.15, 0.2) is 0 Å². The summed E-state index contributed by atoms with van der Waals surface area (Å²) < 4.78 is 10.0. The van der Waals surface area contributed by atoms with Gasteiger partial charge in [0.15, 0.2) is 0 Å². The van der Waals surface area contributed by atoms with Gasteiger partial charge in [0.05, 0.1) is 0 Å². The van der Waals surface area contributed by atoms with Crippen molar-refractivity contribution in [2.24, 2.45) is 0 Å². The maximum absolute atomic E-state index is 12.0. The molecule has 0 bridgehead atoms. The molecule has 118 valence electrons. The van der Waals surface area contributed by atoms with Crippen LogP contribution in [0, 0.1) is 0 Å². The van der Waals surface area contributed by atoms with Crippen LogP contribution in [-0.4, -0.2) is 82.5 Å². The van der Waals surface area contributed by atoms with Crippen LogP contribution < -0.4 is 5.32 Å². The lowest BCUT2D eigenvalue weighted by Crippen LogP contribution is -2.42. The standard InChI is InChI=1S/C14H29N3O3/c1-19-12-3-6-15-14(18)17-9-4-7-16(10-11-17)8-5-13-20-2/h3-13H2,1-2H3,(H,15,18). The monoisotopic (exact) mass is 287 g/mol. The highest BCUT2D eigenvalue weighted by atomic mass is 16.5. The van der Waals surface area contributed by atoms with E-state index in [-0.39, 0.29) is 6.03 Å². The van der Waals surface area contributed by atoms with E-state index in [1.807, 2.05) is 4.90 Å². The average Bonchev–Trinajstić information content (AvgIpc) is 2.69. The van der Waals surface area contributed by atoms with E-state index < -0.39 is 0 Å². The molecule has 0 spiro atoms. The number of nitrogens with one attached hydrogen (secondary N) is 1. The molecule has 1 fully saturated rings. The zero-order chi connectivity index (χ0) is 14.6. The van der Waals surface area contributed by atoms with Crippen molar-refractivity contribution in [2.75, 3.05) is 66.7 Å². The number of hydrogen-bond donors (Lipinski definition) is 1. The first-order valence-corrected chi connectivity index (χ1v) is 7.51. The first-order valence-electron chi connectivity index (χ1n) is 7.51. The maximum atomic E-state index is 12.0. The van der Waals surface area contributed by atoms with E-state index in [9.17, 15) is 4.79 Å². The number of carbonyl (C=O) groups excluding carboxylic acids is 1. The fraction of sp³-hybridized carbons (Fsp3) is 0.929. The second kappa shape index (κ2) is 10.9. The number of urea groups is 1. The number of ether oxygens (including phenoxy) is 2. The third-order valence-electron chi connectivity index (χ3n) is 3.50. The molecule has 0 atom stereocenters. The molecule has 0 radical (unpaired) electrons. The van der Waals surface area contributed by atoms with Crippen LogP contribution in [0.2, 0.25) is 0 Å². The van der Waals surface area contributed by atoms with E-state index in [4.69, 9.17) is 9.47 Å². The molecule has 6 heteroatoms. The van der Waals surface area contributed by atoms with Gasteiger partial charge in [-0.15, -0.1) is 0 Å². The number of rotatable bonds is 8. The number of nitrogens with zero attached hydrogens (tertiary/aromatic N) is 2. The predicted octanol–water partition coefficient (Wildman–Crippen LogP) is 0.777. The molecule has 1 rings (SSSR count). The lowest BCUT2D eigenvalue weighted by Gasteiger charge is -2.22. The molecule has 0 saturated carbocycles. The minimum Gasteiger partial charge on any atom is -0.385 e. The van der Waals surface area contributed by atoms with Crippen molar-refractivity contribution >= 4 is 6.03 Å². The van der Waals surface area contributed by atoms with Crippen LogP contribution in [-0.2, 0) is 9.47 Å². The van der Waals surface area contributed by atoms with Gasteiger partial charge in [0.2, 0.25) is 0 Å². The second-order valence-electron chi connectivity index (χ2n) is 5.11. The summed E-state index contributed by atoms with van der Waals surface area (Å²) in [7, 11) is 3.41. The second-order valence-corrected chi connectivity index (χ2v) is 5.11. The van der Waals surface area contributed by atoms with Gasteiger partial charge in [0.25, 0.3) is 0 Å². The van der Waals surface area contributed by atoms with Crippen molar-refractivity contribution < 1.29 is 14.3 Å². The number of hydrogen-bond acceptors (Lipinski definition) is 4. The average molecular weight is 287 g/mol. The summed E-state index contributed by atoms with van der Waals surface area (Å²) in [5.41, 5.74) is 0. The largest absolute Gasteiger partial charge is 0.385 e. The number of amides is 2. The first-order chi connectivity index (χ1) is 9.77. The lowest BCUT2D eigenvalue weighted by molar-refractivity contribution is 0.171. The summed E-state index contributed by atoms with van der Waals surface area (Å²) in [6.07, 6.45) is 2.96. The molecule has 0 aliphatic carbocycles. The van der Waals surface area contributed by atoms with Crippen LogP contribution in [0.3, 0.4) is 0 Å². The topological polar surface area (TPSA) is 54.0 Å². The van der Waals surface area contributed by atoms with Crippen molar-refractivity contribution in [1.82, 2.24) is 15.1 Å². The molecule has 1 aliphatic heterocycles. The fourth-order valence-electron chi connectivity index (χ4n) is 2.35. The van der Waals surface area contributed by atoms with Crippen LogP contribution in [0.25, 0.3) is 0 Å². The third kappa shape index (κ3) is 7.07. The van der Waals surface area contributed by atoms with Gasteiger partial charge in [0.1, 0.15) is 0 Å². The van der Waals surface area contributed by atoms with Crippen LogP contribution in [0.4, 0.5) is 4.79 Å². The number of carbonyl (C=O) groups is 1. The van der Waals surface area contributed by atoms with Gasteiger partial charge in [-0.2, -0.15) is 0 Å². The van der Waals surface area contributed by atoms with E-state index in [1.54, 1.807) is 14.2 Å². The van der Waals surface area contributed by atoms with Gasteiger partial charge in [-0.1, -0.05) is 0 Å². The molecule has 2 amide bonds. The van der Waals surface area contributed by atoms with Crippen LogP contribution in [0.5, 0.6) is 0 Å². The Morgan fingerprint density at radius 2 is 1.80 bits per heavy atom. The molecule has 1 aliphatic rings. The van der Waals surface area contributed by atoms with Crippen molar-refractivity contribution in [2.45, 2.75) is 19.3 Å². The molecule has 1 heterocycles. The highest BCUT2D eigenvalue weighted by molar-refractivity contribution is 5.74. The SMILES string of the molecule is COCCCNC(=O)N1CCCN(CCCOC)CC1. The molecular weight excluding hydrogens is 258 g/mol. The molecule has 0 aromatic carbocycles. The Kier molecular flexibility index (Phi) is 9.36. The third-order valence-corrected chi connectivity index (χ3v) is 3.50. The molecule has 0 aromatic heterocycles. The molecule has 1 saturated heterocycles. The van der Waals surface area contributed by atoms with Crippen molar-refractivity contribution in [3.8, 4) is 0 Å². The Hall–Kier alpha value is -0.850. The highest BCUT2D eigenvalue weighted by Crippen LogP contribution is 2.04. The zero-order valence-electron chi connectivity index (χ0n) is 12.9. The summed E-state index contributed by atoms with van der Waals surface area (Å²) in [6.45, 7) is 6.90. The Morgan fingerprint density at radius 1 is 1.05 bits per heavy atom. The van der Waals surface area contributed by atoms with Crippen LogP contribution >= 0.6 is 0 Å². The van der Waals surface area contributed by atoms with E-state index in [0.29, 0.717) is 13.2 Å². The van der Waals surface area contributed by atoms with Gasteiger partial charge >= 0.3 is 6.03 Å². The van der Waals surface area contributed by atoms with Crippen molar-refractivity contribution in [3.05, 3.63) is 0 Å². The van der Waals surface area contributed by atoms with E-state index in [0.717, 1.165) is 58.6 Å². The summed E-state index contributed by atoms with van der Waals surface area (Å²) in [5, 5.41) is 2.95. The number of methoxy groups -OCH3 is 2. The molecular formula is C14H29N3O3. The summed E-state index contributed by atoms with van der Waals surface area (Å²) in [6, 6.07) is 0.0554. The first kappa shape index (κ1) is 17.2. The minimum absolute atomic E-state index is 0.0554. The van der Waals surface area contributed by atoms with Gasteiger partial charge in [0, 0.05) is 60.2 Å². The van der Waals surface area contributed by atoms with Gasteiger partial charge < -0.3 is 24.6 Å². The Bertz CT molecular complexity index is 264. The summed E-state index contributed by atoms with van der Waals surface area (Å²) in [5.74, 6) is 0. The Morgan fingerprint density at radius 3 is 2.55 bits per heavy atom. The quantitative estimate of drug-likeness (QED) is 0.670. The van der Waals surface area contributed by atoms with E-state index in [2.05, 4.69) is 10.2 Å². The Balaban J connectivity index is 2.19. The van der Waals surface area contributed by atoms with E-state index in [1.165, 1.54) is 0 Å². The van der Waals surface area contributed by atoms with Gasteiger partial charge in [-0.25, -0.2) is 4.79 Å². The molecule has 6 nitrogen and oxygen atoms in total. The zero-order valence-corrected chi connectivity index (χ0v) is 12.9. The summed E-state index contributed by atoms with van der Waals surface area (Å²) >= 11 is 0. The summed E-state index contributed by atoms with van der Waals surface area (Å²) in [4.78, 5) is 16.4. The highest BCUT2D eigenvalue weighted by Gasteiger charge is 2.18. The fourth-order valence-corrected chi connectivity index (χ4v) is 2.35. The van der Waals surface area contributed by atoms with Gasteiger partial charge in [-0.05, 0) is 25.8 Å². The van der Waals surface area contributed by atoms with Crippen molar-refractivity contribution in [1.29, 1.82) is 0 Å². The normalized spacial score (nSPS) is 17.0. The smallest absolute Gasteiger partial charge is 0.317 e. The van der Waals surface area contributed by atoms with E-state index >= 15 is 0 Å². The predicted molar refractivity (Wildman–Crippen MR) is 79.0 cm³/mol. The minimum atomic E-state index is 0.0554. The lowest BCUT2D eigenvalue weighted by atomic mass is 10.3.